The summed E-state index contributed by atoms with van der Waals surface area (Å²) < 4.78 is 0. The number of nitrogens with zero attached hydrogens (tertiary/aromatic N) is 2. The Bertz CT molecular complexity index is 1010. The molecule has 0 bridgehead atoms. The number of hydrogen-bond acceptors (Lipinski definition) is 7. The monoisotopic (exact) mass is 442 g/mol. The first-order chi connectivity index (χ1) is 15.3. The number of anilines is 1. The molecule has 0 spiro atoms. The number of nitro benzene ring substituents is 1. The van der Waals surface area contributed by atoms with Crippen LogP contribution in [0.5, 0.6) is 0 Å². The van der Waals surface area contributed by atoms with Crippen molar-refractivity contribution in [2.45, 2.75) is 18.9 Å². The topological polar surface area (TPSA) is 189 Å². The molecular weight excluding hydrogens is 420 g/mol. The van der Waals surface area contributed by atoms with Crippen molar-refractivity contribution in [3.8, 4) is 0 Å². The van der Waals surface area contributed by atoms with E-state index in [0.717, 1.165) is 0 Å². The van der Waals surface area contributed by atoms with E-state index in [9.17, 15) is 24.5 Å². The van der Waals surface area contributed by atoms with E-state index in [0.29, 0.717) is 11.3 Å². The van der Waals surface area contributed by atoms with Crippen molar-refractivity contribution in [3.63, 3.8) is 0 Å². The Balaban J connectivity index is 2.16. The Morgan fingerprint density at radius 3 is 2.47 bits per heavy atom. The van der Waals surface area contributed by atoms with Gasteiger partial charge < -0.3 is 26.9 Å². The molecule has 0 aliphatic rings. The number of carbonyl (C=O) groups excluding carboxylic acids is 2. The average Bonchev–Trinajstić information content (AvgIpc) is 2.74. The number of nitrogens with one attached hydrogen (secondary N) is 3. The average molecular weight is 442 g/mol. The fourth-order valence-corrected chi connectivity index (χ4v) is 2.82. The van der Waals surface area contributed by atoms with Gasteiger partial charge in [0.2, 0.25) is 5.91 Å². The number of rotatable bonds is 10. The van der Waals surface area contributed by atoms with Gasteiger partial charge in [0.15, 0.2) is 0 Å². The molecule has 168 valence electrons. The summed E-state index contributed by atoms with van der Waals surface area (Å²) in [6.07, 6.45) is 0.821. The number of amides is 3. The Kier molecular flexibility index (Phi) is 8.66. The second-order valence-electron chi connectivity index (χ2n) is 6.56. The lowest BCUT2D eigenvalue weighted by atomic mass is 10.0. The Labute approximate surface area is 182 Å². The molecule has 0 aromatic heterocycles. The number of benzene rings is 2. The summed E-state index contributed by atoms with van der Waals surface area (Å²) in [6.45, 7) is -0.109. The van der Waals surface area contributed by atoms with Crippen LogP contribution in [-0.4, -0.2) is 40.7 Å². The number of carboxylic acids is 1. The molecule has 0 radical (unpaired) electrons. The van der Waals surface area contributed by atoms with Crippen molar-refractivity contribution in [1.29, 1.82) is 0 Å². The molecule has 1 unspecified atom stereocenters. The van der Waals surface area contributed by atoms with Gasteiger partial charge in [-0.3, -0.25) is 19.7 Å². The van der Waals surface area contributed by atoms with E-state index in [4.69, 9.17) is 10.9 Å². The van der Waals surface area contributed by atoms with Crippen LogP contribution in [0.3, 0.4) is 0 Å². The number of hydrogen-bond donors (Lipinski definition) is 5. The van der Waals surface area contributed by atoms with Crippen molar-refractivity contribution < 1.29 is 24.4 Å². The fourth-order valence-electron chi connectivity index (χ4n) is 2.82. The number of hydrazone groups is 1. The molecule has 2 rings (SSSR count). The summed E-state index contributed by atoms with van der Waals surface area (Å²) in [7, 11) is 0. The Morgan fingerprint density at radius 2 is 1.84 bits per heavy atom. The third kappa shape index (κ3) is 7.40. The normalized spacial score (nSPS) is 11.5. The van der Waals surface area contributed by atoms with Crippen LogP contribution in [-0.2, 0) is 9.59 Å². The molecule has 3 amide bonds. The molecule has 2 aromatic rings. The predicted octanol–water partition coefficient (Wildman–Crippen LogP) is 1.73. The third-order valence-electron chi connectivity index (χ3n) is 4.26. The molecule has 12 nitrogen and oxygen atoms in total. The number of urea groups is 1. The van der Waals surface area contributed by atoms with Gasteiger partial charge in [0.05, 0.1) is 35.6 Å². The maximum atomic E-state index is 12.5. The first kappa shape index (κ1) is 23.8. The molecule has 0 heterocycles. The van der Waals surface area contributed by atoms with Crippen LogP contribution in [0.2, 0.25) is 0 Å². The number of carboxylic acid groups (broad SMARTS) is 1. The number of aliphatic carboxylic acids is 1. The van der Waals surface area contributed by atoms with Crippen LogP contribution in [0.1, 0.15) is 30.0 Å². The van der Waals surface area contributed by atoms with Gasteiger partial charge in [-0.25, -0.2) is 4.79 Å². The summed E-state index contributed by atoms with van der Waals surface area (Å²) in [5.74, 6) is 3.44. The van der Waals surface area contributed by atoms with Gasteiger partial charge in [-0.05, 0) is 17.7 Å². The van der Waals surface area contributed by atoms with Gasteiger partial charge in [-0.1, -0.05) is 30.3 Å². The van der Waals surface area contributed by atoms with Gasteiger partial charge in [0.1, 0.15) is 0 Å². The predicted molar refractivity (Wildman–Crippen MR) is 116 cm³/mol. The standard InChI is InChI=1S/C20H22N6O6/c21-23-12-13-5-7-14(8-6-13)24-20(30)25-16(11-18(27)22-10-9-19(28)29)15-3-1-2-4-17(15)26(31)32/h1-8,12,16H,9-11,21H2,(H,22,27)(H,28,29)(H2,24,25,30). The quantitative estimate of drug-likeness (QED) is 0.160. The number of para-hydroxylation sites is 1. The van der Waals surface area contributed by atoms with Gasteiger partial charge in [0, 0.05) is 18.3 Å². The van der Waals surface area contributed by atoms with Crippen LogP contribution in [0.25, 0.3) is 0 Å². The second kappa shape index (κ2) is 11.6. The number of nitro groups is 1. The van der Waals surface area contributed by atoms with Crippen LogP contribution < -0.4 is 21.8 Å². The van der Waals surface area contributed by atoms with E-state index in [1.54, 1.807) is 30.3 Å². The molecule has 32 heavy (non-hydrogen) atoms. The van der Waals surface area contributed by atoms with Crippen molar-refractivity contribution in [3.05, 3.63) is 69.8 Å². The molecule has 0 aliphatic carbocycles. The van der Waals surface area contributed by atoms with E-state index in [-0.39, 0.29) is 30.6 Å². The van der Waals surface area contributed by atoms with Crippen molar-refractivity contribution in [2.24, 2.45) is 10.9 Å². The Morgan fingerprint density at radius 1 is 1.16 bits per heavy atom. The van der Waals surface area contributed by atoms with Gasteiger partial charge in [-0.2, -0.15) is 5.10 Å². The molecule has 0 aliphatic heterocycles. The molecule has 6 N–H and O–H groups in total. The Hall–Kier alpha value is -4.48. The molecular formula is C20H22N6O6. The van der Waals surface area contributed by atoms with Crippen LogP contribution >= 0.6 is 0 Å². The van der Waals surface area contributed by atoms with E-state index < -0.39 is 28.9 Å². The highest BCUT2D eigenvalue weighted by Gasteiger charge is 2.25. The van der Waals surface area contributed by atoms with E-state index >= 15 is 0 Å². The SMILES string of the molecule is NN=Cc1ccc(NC(=O)NC(CC(=O)NCCC(=O)O)c2ccccc2[N+](=O)[O-])cc1. The van der Waals surface area contributed by atoms with Crippen LogP contribution in [0.15, 0.2) is 53.6 Å². The van der Waals surface area contributed by atoms with E-state index in [2.05, 4.69) is 21.1 Å². The molecule has 2 aromatic carbocycles. The van der Waals surface area contributed by atoms with Gasteiger partial charge >= 0.3 is 12.0 Å². The van der Waals surface area contributed by atoms with Gasteiger partial charge in [0.25, 0.3) is 5.69 Å². The zero-order valence-electron chi connectivity index (χ0n) is 16.9. The minimum absolute atomic E-state index is 0.109. The lowest BCUT2D eigenvalue weighted by molar-refractivity contribution is -0.385. The van der Waals surface area contributed by atoms with Crippen molar-refractivity contribution >= 4 is 35.5 Å². The fraction of sp³-hybridized carbons (Fsp3) is 0.200. The minimum Gasteiger partial charge on any atom is -0.481 e. The third-order valence-corrected chi connectivity index (χ3v) is 4.26. The zero-order chi connectivity index (χ0) is 23.5. The van der Waals surface area contributed by atoms with Crippen molar-refractivity contribution in [1.82, 2.24) is 10.6 Å². The summed E-state index contributed by atoms with van der Waals surface area (Å²) >= 11 is 0. The highest BCUT2D eigenvalue weighted by Crippen LogP contribution is 2.27. The summed E-state index contributed by atoms with van der Waals surface area (Å²) in [6, 6.07) is 10.5. The molecule has 12 heteroatoms. The highest BCUT2D eigenvalue weighted by molar-refractivity contribution is 5.91. The number of nitrogens with two attached hydrogens (primary N) is 1. The van der Waals surface area contributed by atoms with E-state index in [1.165, 1.54) is 24.4 Å². The first-order valence-electron chi connectivity index (χ1n) is 9.42. The van der Waals surface area contributed by atoms with E-state index in [1.807, 2.05) is 0 Å². The number of carbonyl (C=O) groups is 3. The maximum absolute atomic E-state index is 12.5. The summed E-state index contributed by atoms with van der Waals surface area (Å²) in [4.78, 5) is 46.2. The molecule has 0 saturated carbocycles. The first-order valence-corrected chi connectivity index (χ1v) is 9.42. The lowest BCUT2D eigenvalue weighted by Gasteiger charge is -2.19. The summed E-state index contributed by atoms with van der Waals surface area (Å²) in [5, 5.41) is 31.1. The molecule has 1 atom stereocenters. The minimum atomic E-state index is -1.08. The summed E-state index contributed by atoms with van der Waals surface area (Å²) in [5.41, 5.74) is 1.02. The zero-order valence-corrected chi connectivity index (χ0v) is 16.9. The largest absolute Gasteiger partial charge is 0.481 e. The smallest absolute Gasteiger partial charge is 0.319 e. The van der Waals surface area contributed by atoms with Crippen LogP contribution in [0, 0.1) is 10.1 Å². The van der Waals surface area contributed by atoms with Gasteiger partial charge in [-0.15, -0.1) is 0 Å². The molecule has 0 saturated heterocycles. The van der Waals surface area contributed by atoms with Crippen LogP contribution in [0.4, 0.5) is 16.2 Å². The lowest BCUT2D eigenvalue weighted by Crippen LogP contribution is -2.37. The second-order valence-corrected chi connectivity index (χ2v) is 6.56. The highest BCUT2D eigenvalue weighted by atomic mass is 16.6. The van der Waals surface area contributed by atoms with Crippen molar-refractivity contribution in [2.75, 3.05) is 11.9 Å². The molecule has 0 fully saturated rings. The maximum Gasteiger partial charge on any atom is 0.319 e.